The van der Waals surface area contributed by atoms with Crippen molar-refractivity contribution in [2.24, 2.45) is 11.7 Å². The predicted molar refractivity (Wildman–Crippen MR) is 75.1 cm³/mol. The first-order valence-corrected chi connectivity index (χ1v) is 7.66. The van der Waals surface area contributed by atoms with E-state index in [4.69, 9.17) is 5.73 Å². The van der Waals surface area contributed by atoms with Gasteiger partial charge in [-0.2, -0.15) is 11.8 Å². The highest BCUT2D eigenvalue weighted by molar-refractivity contribution is 8.00. The van der Waals surface area contributed by atoms with E-state index >= 15 is 0 Å². The van der Waals surface area contributed by atoms with E-state index in [1.54, 1.807) is 0 Å². The molecule has 0 aromatic carbocycles. The van der Waals surface area contributed by atoms with E-state index in [1.807, 2.05) is 11.8 Å². The van der Waals surface area contributed by atoms with Crippen LogP contribution in [0.4, 0.5) is 0 Å². The van der Waals surface area contributed by atoms with Gasteiger partial charge in [-0.3, -0.25) is 4.79 Å². The lowest BCUT2D eigenvalue weighted by Crippen LogP contribution is -2.61. The van der Waals surface area contributed by atoms with Crippen LogP contribution in [0.5, 0.6) is 0 Å². The lowest BCUT2D eigenvalue weighted by molar-refractivity contribution is -0.124. The Morgan fingerprint density at radius 3 is 2.41 bits per heavy atom. The van der Waals surface area contributed by atoms with E-state index in [0.29, 0.717) is 17.2 Å². The molecule has 1 fully saturated rings. The van der Waals surface area contributed by atoms with Crippen LogP contribution in [0.25, 0.3) is 0 Å². The van der Waals surface area contributed by atoms with Gasteiger partial charge in [-0.25, -0.2) is 0 Å². The molecule has 0 heterocycles. The van der Waals surface area contributed by atoms with Crippen molar-refractivity contribution >= 4 is 17.7 Å². The van der Waals surface area contributed by atoms with Crippen molar-refractivity contribution in [1.29, 1.82) is 0 Å². The van der Waals surface area contributed by atoms with Crippen molar-refractivity contribution in [2.75, 3.05) is 5.75 Å². The first-order valence-electron chi connectivity index (χ1n) is 6.61. The minimum absolute atomic E-state index is 0.176. The van der Waals surface area contributed by atoms with Gasteiger partial charge >= 0.3 is 0 Å². The van der Waals surface area contributed by atoms with E-state index < -0.39 is 5.54 Å². The van der Waals surface area contributed by atoms with Crippen molar-refractivity contribution < 1.29 is 4.79 Å². The number of thioether (sulfide) groups is 1. The van der Waals surface area contributed by atoms with Crippen molar-refractivity contribution in [3.05, 3.63) is 0 Å². The Morgan fingerprint density at radius 2 is 2.06 bits per heavy atom. The van der Waals surface area contributed by atoms with Crippen molar-refractivity contribution in [2.45, 2.75) is 63.8 Å². The summed E-state index contributed by atoms with van der Waals surface area (Å²) in [5.41, 5.74) is 5.19. The Labute approximate surface area is 109 Å². The normalized spacial score (nSPS) is 21.2. The third-order valence-electron chi connectivity index (χ3n) is 3.43. The molecule has 0 bridgehead atoms. The van der Waals surface area contributed by atoms with Crippen LogP contribution < -0.4 is 11.1 Å². The molecule has 0 radical (unpaired) electrons. The fourth-order valence-corrected chi connectivity index (χ4v) is 3.35. The number of nitrogens with two attached hydrogens (primary N) is 1. The molecule has 0 aromatic heterocycles. The molecule has 0 aliphatic heterocycles. The second kappa shape index (κ2) is 6.10. The third-order valence-corrected chi connectivity index (χ3v) is 4.96. The molecule has 3 N–H and O–H groups in total. The first-order chi connectivity index (χ1) is 7.92. The van der Waals surface area contributed by atoms with Gasteiger partial charge in [0.2, 0.25) is 5.91 Å². The summed E-state index contributed by atoms with van der Waals surface area (Å²) in [4.78, 5) is 11.9. The van der Waals surface area contributed by atoms with Crippen molar-refractivity contribution in [3.63, 3.8) is 0 Å². The quantitative estimate of drug-likeness (QED) is 0.701. The number of rotatable bonds is 8. The second-order valence-corrected chi connectivity index (χ2v) is 6.87. The summed E-state index contributed by atoms with van der Waals surface area (Å²) >= 11 is 1.86. The Bertz CT molecular complexity index is 266. The standard InChI is InChI=1S/C13H26N2OS/c1-5-10(4)17-8-13(12(14)16,11-6-7-11)15-9(2)3/h9-11,15H,5-8H2,1-4H3,(H2,14,16). The summed E-state index contributed by atoms with van der Waals surface area (Å²) in [5.74, 6) is 1.07. The summed E-state index contributed by atoms with van der Waals surface area (Å²) in [7, 11) is 0. The van der Waals surface area contributed by atoms with Crippen LogP contribution >= 0.6 is 11.8 Å². The summed E-state index contributed by atoms with van der Waals surface area (Å²) < 4.78 is 0. The van der Waals surface area contributed by atoms with E-state index in [2.05, 4.69) is 33.0 Å². The monoisotopic (exact) mass is 258 g/mol. The summed E-state index contributed by atoms with van der Waals surface area (Å²) in [6.07, 6.45) is 3.39. The molecule has 0 aromatic rings. The maximum absolute atomic E-state index is 11.9. The minimum Gasteiger partial charge on any atom is -0.368 e. The SMILES string of the molecule is CCC(C)SCC(NC(C)C)(C(N)=O)C1CC1. The largest absolute Gasteiger partial charge is 0.368 e. The van der Waals surface area contributed by atoms with Crippen LogP contribution in [-0.4, -0.2) is 28.5 Å². The van der Waals surface area contributed by atoms with Gasteiger partial charge in [0.15, 0.2) is 0 Å². The number of nitrogens with one attached hydrogen (secondary N) is 1. The topological polar surface area (TPSA) is 55.1 Å². The predicted octanol–water partition coefficient (Wildman–Crippen LogP) is 2.15. The Morgan fingerprint density at radius 1 is 1.47 bits per heavy atom. The fraction of sp³-hybridized carbons (Fsp3) is 0.923. The maximum atomic E-state index is 11.9. The number of hydrogen-bond donors (Lipinski definition) is 2. The molecule has 1 saturated carbocycles. The number of hydrogen-bond acceptors (Lipinski definition) is 3. The van der Waals surface area contributed by atoms with E-state index in [-0.39, 0.29) is 5.91 Å². The van der Waals surface area contributed by atoms with Gasteiger partial charge in [-0.15, -0.1) is 0 Å². The Hall–Kier alpha value is -0.220. The molecule has 4 heteroatoms. The molecular weight excluding hydrogens is 232 g/mol. The van der Waals surface area contributed by atoms with Gasteiger partial charge in [-0.1, -0.05) is 13.8 Å². The average molecular weight is 258 g/mol. The lowest BCUT2D eigenvalue weighted by atomic mass is 9.93. The van der Waals surface area contributed by atoms with Gasteiger partial charge in [0.25, 0.3) is 0 Å². The number of amides is 1. The van der Waals surface area contributed by atoms with E-state index in [1.165, 1.54) is 0 Å². The van der Waals surface area contributed by atoms with Crippen LogP contribution in [0, 0.1) is 5.92 Å². The molecule has 1 amide bonds. The van der Waals surface area contributed by atoms with Crippen LogP contribution in [-0.2, 0) is 4.79 Å². The molecule has 1 rings (SSSR count). The van der Waals surface area contributed by atoms with Crippen LogP contribution in [0.2, 0.25) is 0 Å². The van der Waals surface area contributed by atoms with Crippen molar-refractivity contribution in [3.8, 4) is 0 Å². The Balaban J connectivity index is 2.72. The molecule has 2 unspecified atom stereocenters. The van der Waals surface area contributed by atoms with Gasteiger partial charge in [0, 0.05) is 17.0 Å². The number of carbonyl (C=O) groups excluding carboxylic acids is 1. The highest BCUT2D eigenvalue weighted by Crippen LogP contribution is 2.42. The van der Waals surface area contributed by atoms with Crippen molar-refractivity contribution in [1.82, 2.24) is 5.32 Å². The molecule has 100 valence electrons. The van der Waals surface area contributed by atoms with Gasteiger partial charge in [0.05, 0.1) is 0 Å². The van der Waals surface area contributed by atoms with E-state index in [9.17, 15) is 4.79 Å². The molecule has 17 heavy (non-hydrogen) atoms. The first kappa shape index (κ1) is 14.8. The molecule has 0 saturated heterocycles. The van der Waals surface area contributed by atoms with Gasteiger partial charge in [0.1, 0.15) is 5.54 Å². The van der Waals surface area contributed by atoms with Crippen LogP contribution in [0.1, 0.15) is 47.0 Å². The highest BCUT2D eigenvalue weighted by atomic mass is 32.2. The van der Waals surface area contributed by atoms with Gasteiger partial charge < -0.3 is 11.1 Å². The number of primary amides is 1. The van der Waals surface area contributed by atoms with Gasteiger partial charge in [-0.05, 0) is 39.0 Å². The zero-order valence-electron chi connectivity index (χ0n) is 11.5. The molecule has 1 aliphatic rings. The summed E-state index contributed by atoms with van der Waals surface area (Å²) in [5, 5.41) is 4.02. The maximum Gasteiger partial charge on any atom is 0.238 e. The minimum atomic E-state index is -0.484. The Kier molecular flexibility index (Phi) is 5.32. The van der Waals surface area contributed by atoms with Crippen LogP contribution in [0.3, 0.4) is 0 Å². The second-order valence-electron chi connectivity index (χ2n) is 5.44. The summed E-state index contributed by atoms with van der Waals surface area (Å²) in [6.45, 7) is 8.54. The third kappa shape index (κ3) is 3.88. The highest BCUT2D eigenvalue weighted by Gasteiger charge is 2.49. The fourth-order valence-electron chi connectivity index (χ4n) is 2.10. The van der Waals surface area contributed by atoms with E-state index in [0.717, 1.165) is 25.0 Å². The average Bonchev–Trinajstić information content (AvgIpc) is 3.06. The molecule has 0 spiro atoms. The number of carbonyl (C=O) groups is 1. The summed E-state index contributed by atoms with van der Waals surface area (Å²) in [6, 6.07) is 0.292. The molecule has 2 atom stereocenters. The van der Waals surface area contributed by atoms with Crippen LogP contribution in [0.15, 0.2) is 0 Å². The molecule has 3 nitrogen and oxygen atoms in total. The zero-order chi connectivity index (χ0) is 13.1. The molecular formula is C13H26N2OS. The molecule has 1 aliphatic carbocycles. The zero-order valence-corrected chi connectivity index (χ0v) is 12.3. The smallest absolute Gasteiger partial charge is 0.238 e. The lowest BCUT2D eigenvalue weighted by Gasteiger charge is -2.34.